The van der Waals surface area contributed by atoms with Crippen molar-refractivity contribution in [1.82, 2.24) is 0 Å². The van der Waals surface area contributed by atoms with Crippen LogP contribution in [0.1, 0.15) is 31.4 Å². The van der Waals surface area contributed by atoms with Crippen molar-refractivity contribution >= 4 is 44.9 Å². The molecule has 2 unspecified atom stereocenters. The molecule has 0 amide bonds. The smallest absolute Gasteiger partial charge is 0.0565 e. The van der Waals surface area contributed by atoms with Crippen molar-refractivity contribution in [3.63, 3.8) is 0 Å². The van der Waals surface area contributed by atoms with Crippen LogP contribution in [-0.2, 0) is 0 Å². The molecule has 2 aliphatic heterocycles. The van der Waals surface area contributed by atoms with Gasteiger partial charge >= 0.3 is 0 Å². The van der Waals surface area contributed by atoms with Gasteiger partial charge in [0.1, 0.15) is 0 Å². The third-order valence-electron chi connectivity index (χ3n) is 4.99. The van der Waals surface area contributed by atoms with Crippen LogP contribution >= 0.6 is 32.7 Å². The van der Waals surface area contributed by atoms with E-state index in [-0.39, 0.29) is 0 Å². The van der Waals surface area contributed by atoms with E-state index in [1.54, 1.807) is 20.9 Å². The summed E-state index contributed by atoms with van der Waals surface area (Å²) in [6, 6.07) is 4.57. The summed E-state index contributed by atoms with van der Waals surface area (Å²) in [5.74, 6) is 0. The highest BCUT2D eigenvalue weighted by molar-refractivity contribution is 8.39. The molecule has 2 aromatic rings. The van der Waals surface area contributed by atoms with Crippen LogP contribution in [0, 0.1) is 0 Å². The second kappa shape index (κ2) is 3.54. The third-order valence-corrected chi connectivity index (χ3v) is 11.1. The van der Waals surface area contributed by atoms with Crippen molar-refractivity contribution in [2.45, 2.75) is 10.5 Å². The van der Waals surface area contributed by atoms with Gasteiger partial charge < -0.3 is 0 Å². The molecular formula is C18H12S3. The summed E-state index contributed by atoms with van der Waals surface area (Å²) in [5.41, 5.74) is 6.02. The van der Waals surface area contributed by atoms with Gasteiger partial charge in [0.2, 0.25) is 0 Å². The van der Waals surface area contributed by atoms with Crippen LogP contribution in [0.3, 0.4) is 0 Å². The van der Waals surface area contributed by atoms with Gasteiger partial charge in [0, 0.05) is 9.75 Å². The zero-order valence-electron chi connectivity index (χ0n) is 11.2. The summed E-state index contributed by atoms with van der Waals surface area (Å²) in [4.78, 5) is 3.20. The molecule has 0 fully saturated rings. The zero-order chi connectivity index (χ0) is 13.6. The van der Waals surface area contributed by atoms with Gasteiger partial charge in [-0.1, -0.05) is 12.2 Å². The maximum absolute atomic E-state index is 2.56. The molecule has 102 valence electrons. The van der Waals surface area contributed by atoms with E-state index in [9.17, 15) is 0 Å². The fourth-order valence-electron chi connectivity index (χ4n) is 4.14. The summed E-state index contributed by atoms with van der Waals surface area (Å²) in [6.07, 6.45) is 9.64. The highest BCUT2D eigenvalue weighted by Gasteiger charge is 2.51. The number of hydrogen-bond donors (Lipinski definition) is 0. The minimum Gasteiger partial charge on any atom is -0.177 e. The molecule has 4 aliphatic rings. The minimum atomic E-state index is -0.924. The first-order chi connectivity index (χ1) is 10.4. The van der Waals surface area contributed by atoms with Crippen LogP contribution < -0.4 is 0 Å². The number of hydrogen-bond acceptors (Lipinski definition) is 2. The lowest BCUT2D eigenvalue weighted by atomic mass is 10.2. The average Bonchev–Trinajstić information content (AvgIpc) is 3.22. The fourth-order valence-corrected chi connectivity index (χ4v) is 11.3. The molecule has 21 heavy (non-hydrogen) atoms. The molecule has 1 spiro atoms. The Kier molecular flexibility index (Phi) is 1.91. The van der Waals surface area contributed by atoms with E-state index in [1.165, 1.54) is 11.1 Å². The summed E-state index contributed by atoms with van der Waals surface area (Å²) >= 11 is 3.89. The molecule has 0 radical (unpaired) electrons. The number of thiophene rings is 2. The Morgan fingerprint density at radius 1 is 0.762 bits per heavy atom. The van der Waals surface area contributed by atoms with Gasteiger partial charge in [0.05, 0.1) is 10.5 Å². The molecule has 6 rings (SSSR count). The van der Waals surface area contributed by atoms with Gasteiger partial charge in [0.25, 0.3) is 0 Å². The molecule has 0 bridgehead atoms. The lowest BCUT2D eigenvalue weighted by Crippen LogP contribution is -2.07. The number of rotatable bonds is 0. The molecular weight excluding hydrogens is 312 g/mol. The molecule has 0 N–H and O–H groups in total. The maximum atomic E-state index is 2.56. The largest absolute Gasteiger partial charge is 0.177 e. The highest BCUT2D eigenvalue weighted by atomic mass is 32.3. The zero-order valence-corrected chi connectivity index (χ0v) is 13.6. The predicted molar refractivity (Wildman–Crippen MR) is 95.9 cm³/mol. The summed E-state index contributed by atoms with van der Waals surface area (Å²) in [7, 11) is -0.924. The summed E-state index contributed by atoms with van der Waals surface area (Å²) in [5, 5.41) is 10.9. The van der Waals surface area contributed by atoms with Gasteiger partial charge in [-0.15, -0.1) is 22.7 Å². The third kappa shape index (κ3) is 1.17. The van der Waals surface area contributed by atoms with E-state index < -0.39 is 10.0 Å². The molecule has 0 aromatic carbocycles. The van der Waals surface area contributed by atoms with Crippen LogP contribution in [0.4, 0.5) is 0 Å². The van der Waals surface area contributed by atoms with Gasteiger partial charge in [0.15, 0.2) is 0 Å². The second-order valence-electron chi connectivity index (χ2n) is 5.95. The van der Waals surface area contributed by atoms with E-state index in [2.05, 4.69) is 58.0 Å². The second-order valence-corrected chi connectivity index (χ2v) is 11.0. The molecule has 0 nitrogen and oxygen atoms in total. The Morgan fingerprint density at radius 3 is 1.81 bits per heavy atom. The molecule has 4 heterocycles. The molecule has 2 atom stereocenters. The van der Waals surface area contributed by atoms with Crippen molar-refractivity contribution in [3.8, 4) is 0 Å². The van der Waals surface area contributed by atoms with Gasteiger partial charge in [-0.2, -0.15) is 10.0 Å². The average molecular weight is 324 g/mol. The Labute approximate surface area is 133 Å². The summed E-state index contributed by atoms with van der Waals surface area (Å²) < 4.78 is 0. The topological polar surface area (TPSA) is 0 Å². The first-order valence-corrected chi connectivity index (χ1v) is 10.8. The molecule has 3 heteroatoms. The lowest BCUT2D eigenvalue weighted by molar-refractivity contribution is 1.19. The van der Waals surface area contributed by atoms with E-state index in [1.807, 2.05) is 22.7 Å². The van der Waals surface area contributed by atoms with Crippen LogP contribution in [0.15, 0.2) is 57.0 Å². The van der Waals surface area contributed by atoms with Crippen LogP contribution in [0.5, 0.6) is 0 Å². The fraction of sp³-hybridized carbons (Fsp3) is 0.111. The lowest BCUT2D eigenvalue weighted by Gasteiger charge is -2.39. The van der Waals surface area contributed by atoms with Crippen LogP contribution in [-0.4, -0.2) is 0 Å². The van der Waals surface area contributed by atoms with Crippen LogP contribution in [0.25, 0.3) is 12.2 Å². The van der Waals surface area contributed by atoms with Crippen molar-refractivity contribution in [2.75, 3.05) is 0 Å². The van der Waals surface area contributed by atoms with Crippen LogP contribution in [0.2, 0.25) is 0 Å². The molecule has 0 saturated carbocycles. The highest BCUT2D eigenvalue weighted by Crippen LogP contribution is 2.83. The number of allylic oxidation sites excluding steroid dienone is 2. The molecule has 2 aromatic heterocycles. The van der Waals surface area contributed by atoms with E-state index in [4.69, 9.17) is 0 Å². The van der Waals surface area contributed by atoms with E-state index in [0.717, 1.165) is 0 Å². The Hall–Kier alpha value is -1.29. The van der Waals surface area contributed by atoms with Crippen molar-refractivity contribution in [3.05, 3.63) is 77.9 Å². The Balaban J connectivity index is 1.62. The number of fused-ring (bicyclic) bond motifs is 8. The first kappa shape index (κ1) is 11.3. The predicted octanol–water partition coefficient (Wildman–Crippen LogP) is 6.25. The molecule has 2 aliphatic carbocycles. The standard InChI is InChI=1S/C18H12S3/c1-5-19-15-11(1)9-13-3-7-21(17(13)15)8-4-14-10-12-2-6-20-16(12)18(14)21/h1-10,17-18H. The van der Waals surface area contributed by atoms with Gasteiger partial charge in [-0.05, 0) is 68.1 Å². The van der Waals surface area contributed by atoms with E-state index >= 15 is 0 Å². The van der Waals surface area contributed by atoms with Crippen molar-refractivity contribution in [1.29, 1.82) is 0 Å². The minimum absolute atomic E-state index is 0.618. The monoisotopic (exact) mass is 324 g/mol. The Bertz CT molecular complexity index is 840. The maximum Gasteiger partial charge on any atom is 0.0565 e. The van der Waals surface area contributed by atoms with Crippen molar-refractivity contribution < 1.29 is 0 Å². The van der Waals surface area contributed by atoms with E-state index in [0.29, 0.717) is 10.5 Å². The summed E-state index contributed by atoms with van der Waals surface area (Å²) in [6.45, 7) is 0. The normalized spacial score (nSPS) is 36.2. The van der Waals surface area contributed by atoms with Gasteiger partial charge in [-0.25, -0.2) is 0 Å². The first-order valence-electron chi connectivity index (χ1n) is 7.12. The molecule has 0 saturated heterocycles. The van der Waals surface area contributed by atoms with Crippen molar-refractivity contribution in [2.24, 2.45) is 0 Å². The Morgan fingerprint density at radius 2 is 1.29 bits per heavy atom. The SMILES string of the molecule is C1=CS2(C=CC3=Cc4ccsc4C32)C2C1=Cc1ccsc12. The quantitative estimate of drug-likeness (QED) is 0.537. The van der Waals surface area contributed by atoms with Gasteiger partial charge in [-0.3, -0.25) is 0 Å².